The molecule has 2 N–H and O–H groups in total. The predicted molar refractivity (Wildman–Crippen MR) is 123 cm³/mol. The van der Waals surface area contributed by atoms with E-state index in [1.807, 2.05) is 62.4 Å². The van der Waals surface area contributed by atoms with Crippen molar-refractivity contribution in [3.63, 3.8) is 0 Å². The summed E-state index contributed by atoms with van der Waals surface area (Å²) in [6, 6.07) is 15.3. The molecule has 1 heterocycles. The van der Waals surface area contributed by atoms with Gasteiger partial charge < -0.3 is 15.0 Å². The van der Waals surface area contributed by atoms with Gasteiger partial charge in [0.05, 0.1) is 6.54 Å². The molecule has 0 spiro atoms. The lowest BCUT2D eigenvalue weighted by molar-refractivity contribution is -0.125. The highest BCUT2D eigenvalue weighted by Crippen LogP contribution is 2.27. The van der Waals surface area contributed by atoms with E-state index < -0.39 is 11.6 Å². The van der Waals surface area contributed by atoms with Crippen LogP contribution >= 0.6 is 0 Å². The Labute approximate surface area is 189 Å². The van der Waals surface area contributed by atoms with Gasteiger partial charge in [0.25, 0.3) is 0 Å². The summed E-state index contributed by atoms with van der Waals surface area (Å²) in [6.07, 6.45) is 0.374. The Morgan fingerprint density at radius 3 is 2.19 bits per heavy atom. The van der Waals surface area contributed by atoms with Crippen LogP contribution in [0.25, 0.3) is 0 Å². The summed E-state index contributed by atoms with van der Waals surface area (Å²) in [5.74, 6) is -0.234. The maximum absolute atomic E-state index is 13.4. The van der Waals surface area contributed by atoms with Crippen LogP contribution in [0.1, 0.15) is 36.5 Å². The molecule has 0 aliphatic carbocycles. The Morgan fingerprint density at radius 2 is 1.59 bits per heavy atom. The molecule has 0 atom stereocenters. The van der Waals surface area contributed by atoms with Gasteiger partial charge in [-0.2, -0.15) is 0 Å². The summed E-state index contributed by atoms with van der Waals surface area (Å²) in [7, 11) is 0. The molecule has 32 heavy (non-hydrogen) atoms. The van der Waals surface area contributed by atoms with Crippen molar-refractivity contribution in [1.29, 1.82) is 0 Å². The molecule has 2 aromatic rings. The molecule has 170 valence electrons. The van der Waals surface area contributed by atoms with Crippen LogP contribution in [0.2, 0.25) is 0 Å². The second kappa shape index (κ2) is 10.4. The van der Waals surface area contributed by atoms with Crippen LogP contribution in [-0.2, 0) is 20.9 Å². The summed E-state index contributed by atoms with van der Waals surface area (Å²) >= 11 is 0. The maximum Gasteiger partial charge on any atom is 0.410 e. The molecule has 0 bridgehead atoms. The van der Waals surface area contributed by atoms with E-state index in [1.165, 1.54) is 6.92 Å². The number of benzene rings is 2. The van der Waals surface area contributed by atoms with E-state index in [4.69, 9.17) is 4.74 Å². The normalized spacial score (nSPS) is 15.2. The molecule has 1 aliphatic rings. The van der Waals surface area contributed by atoms with Crippen LogP contribution in [0, 0.1) is 13.8 Å². The lowest BCUT2D eigenvalue weighted by Gasteiger charge is -2.40. The van der Waals surface area contributed by atoms with Crippen molar-refractivity contribution >= 4 is 23.5 Å². The molecule has 0 radical (unpaired) electrons. The molecular weight excluding hydrogens is 406 g/mol. The lowest BCUT2D eigenvalue weighted by Crippen LogP contribution is -2.61. The van der Waals surface area contributed by atoms with Crippen molar-refractivity contribution in [3.8, 4) is 0 Å². The molecular formula is C25H31N3O4. The zero-order chi connectivity index (χ0) is 23.1. The number of Topliss-reactive ketones (excluding diaryl/α,β-unsaturated/α-hetero) is 1. The Morgan fingerprint density at radius 1 is 0.969 bits per heavy atom. The Bertz CT molecular complexity index is 946. The summed E-state index contributed by atoms with van der Waals surface area (Å²) < 4.78 is 5.43. The van der Waals surface area contributed by atoms with E-state index in [1.54, 1.807) is 4.90 Å². The molecule has 3 rings (SSSR count). The van der Waals surface area contributed by atoms with Gasteiger partial charge in [0.1, 0.15) is 17.9 Å². The van der Waals surface area contributed by atoms with Crippen LogP contribution in [0.3, 0.4) is 0 Å². The van der Waals surface area contributed by atoms with Gasteiger partial charge in [-0.3, -0.25) is 14.9 Å². The minimum absolute atomic E-state index is 0.0473. The monoisotopic (exact) mass is 437 g/mol. The average Bonchev–Trinajstić information content (AvgIpc) is 2.79. The number of ketones is 1. The van der Waals surface area contributed by atoms with Gasteiger partial charge in [-0.05, 0) is 50.3 Å². The van der Waals surface area contributed by atoms with Crippen molar-refractivity contribution in [2.75, 3.05) is 25.0 Å². The Kier molecular flexibility index (Phi) is 7.64. The van der Waals surface area contributed by atoms with Crippen molar-refractivity contribution in [3.05, 3.63) is 65.2 Å². The van der Waals surface area contributed by atoms with E-state index >= 15 is 0 Å². The first-order valence-corrected chi connectivity index (χ1v) is 10.9. The van der Waals surface area contributed by atoms with E-state index in [-0.39, 0.29) is 24.8 Å². The first kappa shape index (κ1) is 23.5. The van der Waals surface area contributed by atoms with Gasteiger partial charge in [-0.15, -0.1) is 0 Å². The second-order valence-corrected chi connectivity index (χ2v) is 8.39. The number of nitrogens with one attached hydrogen (secondary N) is 2. The summed E-state index contributed by atoms with van der Waals surface area (Å²) in [4.78, 5) is 39.1. The third kappa shape index (κ3) is 5.73. The molecule has 0 unspecified atom stereocenters. The van der Waals surface area contributed by atoms with Crippen molar-refractivity contribution in [1.82, 2.24) is 10.2 Å². The number of para-hydroxylation sites is 1. The minimum atomic E-state index is -0.934. The first-order chi connectivity index (χ1) is 15.3. The third-order valence-electron chi connectivity index (χ3n) is 5.91. The number of aryl methyl sites for hydroxylation is 2. The topological polar surface area (TPSA) is 87.7 Å². The highest BCUT2D eigenvalue weighted by molar-refractivity contribution is 5.99. The van der Waals surface area contributed by atoms with E-state index in [0.717, 1.165) is 22.4 Å². The van der Waals surface area contributed by atoms with Gasteiger partial charge in [-0.25, -0.2) is 4.79 Å². The number of ether oxygens (including phenoxy) is 1. The van der Waals surface area contributed by atoms with Gasteiger partial charge in [0.2, 0.25) is 5.91 Å². The predicted octanol–water partition coefficient (Wildman–Crippen LogP) is 3.59. The molecule has 2 aromatic carbocycles. The van der Waals surface area contributed by atoms with E-state index in [9.17, 15) is 14.4 Å². The van der Waals surface area contributed by atoms with Crippen LogP contribution in [0.4, 0.5) is 10.5 Å². The number of carbonyl (C=O) groups excluding carboxylic acids is 3. The molecule has 1 saturated heterocycles. The number of nitrogens with zero attached hydrogens (tertiary/aromatic N) is 1. The fourth-order valence-corrected chi connectivity index (χ4v) is 3.90. The molecule has 1 aliphatic heterocycles. The molecule has 0 saturated carbocycles. The minimum Gasteiger partial charge on any atom is -0.445 e. The molecule has 0 aromatic heterocycles. The van der Waals surface area contributed by atoms with Gasteiger partial charge in [0, 0.05) is 18.8 Å². The maximum atomic E-state index is 13.4. The number of piperidine rings is 1. The lowest BCUT2D eigenvalue weighted by atomic mass is 9.86. The van der Waals surface area contributed by atoms with E-state index in [2.05, 4.69) is 10.6 Å². The van der Waals surface area contributed by atoms with Gasteiger partial charge in [0.15, 0.2) is 0 Å². The largest absolute Gasteiger partial charge is 0.445 e. The highest BCUT2D eigenvalue weighted by Gasteiger charge is 2.42. The SMILES string of the molecule is CC(=O)CNC1(C(=O)Nc2c(C)cccc2C)CCN(C(=O)OCc2ccccc2)CC1. The number of rotatable bonds is 7. The average molecular weight is 438 g/mol. The zero-order valence-corrected chi connectivity index (χ0v) is 18.9. The second-order valence-electron chi connectivity index (χ2n) is 8.39. The summed E-state index contributed by atoms with van der Waals surface area (Å²) in [6.45, 7) is 6.40. The first-order valence-electron chi connectivity index (χ1n) is 10.9. The van der Waals surface area contributed by atoms with Crippen molar-refractivity contribution in [2.24, 2.45) is 0 Å². The highest BCUT2D eigenvalue weighted by atomic mass is 16.6. The number of amides is 2. The number of anilines is 1. The smallest absolute Gasteiger partial charge is 0.410 e. The van der Waals surface area contributed by atoms with Gasteiger partial charge in [-0.1, -0.05) is 48.5 Å². The summed E-state index contributed by atoms with van der Waals surface area (Å²) in [5, 5.41) is 6.23. The Hall–Kier alpha value is -3.19. The van der Waals surface area contributed by atoms with Crippen molar-refractivity contribution < 1.29 is 19.1 Å². The number of hydrogen-bond donors (Lipinski definition) is 2. The quantitative estimate of drug-likeness (QED) is 0.691. The molecule has 2 amide bonds. The number of hydrogen-bond acceptors (Lipinski definition) is 5. The summed E-state index contributed by atoms with van der Waals surface area (Å²) in [5.41, 5.74) is 2.72. The molecule has 7 heteroatoms. The number of likely N-dealkylation sites (tertiary alicyclic amines) is 1. The fourth-order valence-electron chi connectivity index (χ4n) is 3.90. The fraction of sp³-hybridized carbons (Fsp3) is 0.400. The van der Waals surface area contributed by atoms with Crippen LogP contribution < -0.4 is 10.6 Å². The van der Waals surface area contributed by atoms with Crippen LogP contribution in [0.5, 0.6) is 0 Å². The molecule has 1 fully saturated rings. The van der Waals surface area contributed by atoms with Crippen LogP contribution in [-0.4, -0.2) is 47.9 Å². The number of carbonyl (C=O) groups is 3. The molecule has 7 nitrogen and oxygen atoms in total. The van der Waals surface area contributed by atoms with E-state index in [0.29, 0.717) is 25.9 Å². The van der Waals surface area contributed by atoms with Crippen LogP contribution in [0.15, 0.2) is 48.5 Å². The zero-order valence-electron chi connectivity index (χ0n) is 18.9. The standard InChI is InChI=1S/C25H31N3O4/c1-18-8-7-9-19(2)22(18)27-23(30)25(26-16-20(3)29)12-14-28(15-13-25)24(31)32-17-21-10-5-4-6-11-21/h4-11,26H,12-17H2,1-3H3,(H,27,30). The van der Waals surface area contributed by atoms with Gasteiger partial charge >= 0.3 is 6.09 Å². The van der Waals surface area contributed by atoms with Crippen molar-refractivity contribution in [2.45, 2.75) is 45.8 Å². The third-order valence-corrected chi connectivity index (χ3v) is 5.91. The Balaban J connectivity index is 1.66.